The molecule has 0 spiro atoms. The molecule has 0 aromatic carbocycles. The predicted octanol–water partition coefficient (Wildman–Crippen LogP) is -21.8. The van der Waals surface area contributed by atoms with Crippen LogP contribution >= 0.6 is 0 Å². The average molecular weight is 249 g/mol. The fraction of sp³-hybridized carbons (Fsp3) is 0. The Morgan fingerprint density at radius 3 is 0.278 bits per heavy atom. The zero-order chi connectivity index (χ0) is 14.3. The van der Waals surface area contributed by atoms with E-state index in [0.29, 0.717) is 0 Å². The molecule has 0 atom stereocenters. The first kappa shape index (κ1) is 36.4. The standard InChI is InChI=1S/4BO3.2Li/c4*2-1(3)4;;/q4*-3;2*+1. The van der Waals surface area contributed by atoms with Crippen LogP contribution < -0.4 is 98.0 Å². The molecule has 0 aromatic rings. The summed E-state index contributed by atoms with van der Waals surface area (Å²) >= 11 is 0. The maximum atomic E-state index is 8.42. The summed E-state index contributed by atoms with van der Waals surface area (Å²) in [6.45, 7) is 0. The molecule has 0 bridgehead atoms. The summed E-state index contributed by atoms with van der Waals surface area (Å²) in [7, 11) is -11.7. The molecule has 0 heterocycles. The van der Waals surface area contributed by atoms with E-state index >= 15 is 0 Å². The van der Waals surface area contributed by atoms with Gasteiger partial charge in [0.1, 0.15) is 0 Å². The van der Waals surface area contributed by atoms with Gasteiger partial charge in [-0.2, -0.15) is 0 Å². The van der Waals surface area contributed by atoms with E-state index in [0.717, 1.165) is 0 Å². The SMILES string of the molecule is [Li+].[Li+].[O-]B([O-])[O-].[O-]B([O-])[O-].[O-]B([O-])[O-].[O-]B([O-])[O-]. The zero-order valence-electron chi connectivity index (χ0n) is 9.21. The third kappa shape index (κ3) is 4560. The van der Waals surface area contributed by atoms with Gasteiger partial charge in [-0.25, -0.2) is 0 Å². The minimum Gasteiger partial charge on any atom is -0.907 e. The van der Waals surface area contributed by atoms with Gasteiger partial charge in [0.15, 0.2) is 0 Å². The van der Waals surface area contributed by atoms with Crippen molar-refractivity contribution in [1.29, 1.82) is 0 Å². The molecular weight excluding hydrogens is 249 g/mol. The van der Waals surface area contributed by atoms with Gasteiger partial charge in [0.05, 0.1) is 0 Å². The monoisotopic (exact) mass is 250 g/mol. The van der Waals surface area contributed by atoms with Gasteiger partial charge in [0.2, 0.25) is 0 Å². The smallest absolute Gasteiger partial charge is 0.907 e. The van der Waals surface area contributed by atoms with Gasteiger partial charge in [-0.1, -0.05) is 0 Å². The second-order valence-corrected chi connectivity index (χ2v) is 1.15. The Hall–Kier alpha value is 0.975. The van der Waals surface area contributed by atoms with Gasteiger partial charge in [-0.05, 0) is 0 Å². The molecule has 0 fully saturated rings. The molecule has 0 aliphatic heterocycles. The summed E-state index contributed by atoms with van der Waals surface area (Å²) in [5.41, 5.74) is 0. The van der Waals surface area contributed by atoms with Crippen molar-refractivity contribution in [1.82, 2.24) is 0 Å². The summed E-state index contributed by atoms with van der Waals surface area (Å²) in [4.78, 5) is 0. The van der Waals surface area contributed by atoms with Crippen LogP contribution in [-0.4, -0.2) is 29.3 Å². The van der Waals surface area contributed by atoms with Crippen LogP contribution in [0.1, 0.15) is 0 Å². The largest absolute Gasteiger partial charge is 1.00 e. The van der Waals surface area contributed by atoms with Crippen LogP contribution in [0.25, 0.3) is 0 Å². The minimum absolute atomic E-state index is 0. The number of hydrogen-bond donors (Lipinski definition) is 0. The van der Waals surface area contributed by atoms with Crippen LogP contribution in [-0.2, 0) is 0 Å². The Morgan fingerprint density at radius 2 is 0.278 bits per heavy atom. The van der Waals surface area contributed by atoms with Crippen LogP contribution in [0.4, 0.5) is 0 Å². The quantitative estimate of drug-likeness (QED) is 0.361. The molecule has 18 heteroatoms. The molecule has 0 aliphatic carbocycles. The summed E-state index contributed by atoms with van der Waals surface area (Å²) in [5, 5.41) is 101. The Labute approximate surface area is 127 Å². The summed E-state index contributed by atoms with van der Waals surface area (Å²) in [5.74, 6) is 0. The Bertz CT molecular complexity index is 65.1. The molecule has 0 saturated heterocycles. The van der Waals surface area contributed by atoms with Crippen molar-refractivity contribution in [3.05, 3.63) is 0 Å². The first-order valence-corrected chi connectivity index (χ1v) is 2.83. The molecule has 0 radical (unpaired) electrons. The maximum Gasteiger partial charge on any atom is 1.00 e. The van der Waals surface area contributed by atoms with Gasteiger partial charge in [-0.3, -0.25) is 29.3 Å². The molecule has 0 amide bonds. The molecular formula is B4Li2O12-10. The molecule has 0 rings (SSSR count). The van der Waals surface area contributed by atoms with Crippen LogP contribution in [0.2, 0.25) is 0 Å². The first-order chi connectivity index (χ1) is 6.93. The van der Waals surface area contributed by atoms with Crippen molar-refractivity contribution >= 4 is 29.3 Å². The van der Waals surface area contributed by atoms with Crippen molar-refractivity contribution in [2.45, 2.75) is 0 Å². The van der Waals surface area contributed by atoms with Gasteiger partial charge < -0.3 is 60.3 Å². The maximum absolute atomic E-state index is 8.42. The minimum atomic E-state index is -2.92. The number of rotatable bonds is 0. The van der Waals surface area contributed by atoms with Crippen LogP contribution in [0.5, 0.6) is 0 Å². The van der Waals surface area contributed by atoms with E-state index in [1.807, 2.05) is 0 Å². The van der Waals surface area contributed by atoms with Crippen molar-refractivity contribution in [2.75, 3.05) is 0 Å². The second kappa shape index (κ2) is 30.8. The van der Waals surface area contributed by atoms with E-state index < -0.39 is 29.3 Å². The fourth-order valence-electron chi connectivity index (χ4n) is 0. The van der Waals surface area contributed by atoms with Crippen molar-refractivity contribution < 1.29 is 98.0 Å². The molecule has 0 unspecified atom stereocenters. The Morgan fingerprint density at radius 1 is 0.278 bits per heavy atom. The van der Waals surface area contributed by atoms with E-state index in [2.05, 4.69) is 0 Å². The van der Waals surface area contributed by atoms with E-state index in [-0.39, 0.29) is 37.7 Å². The third-order valence-electron chi connectivity index (χ3n) is 0. The summed E-state index contributed by atoms with van der Waals surface area (Å²) in [6.07, 6.45) is 0. The second-order valence-electron chi connectivity index (χ2n) is 1.15. The predicted molar refractivity (Wildman–Crippen MR) is 23.0 cm³/mol. The molecule has 0 saturated carbocycles. The average Bonchev–Trinajstić information content (AvgIpc) is 1.76. The van der Waals surface area contributed by atoms with Gasteiger partial charge in [0.25, 0.3) is 0 Å². The van der Waals surface area contributed by atoms with Crippen molar-refractivity contribution in [3.63, 3.8) is 0 Å². The molecule has 0 aliphatic rings. The van der Waals surface area contributed by atoms with Crippen LogP contribution in [0.3, 0.4) is 0 Å². The Kier molecular flexibility index (Phi) is 62.2. The van der Waals surface area contributed by atoms with Crippen molar-refractivity contribution in [2.24, 2.45) is 0 Å². The fourth-order valence-corrected chi connectivity index (χ4v) is 0. The molecule has 0 aromatic heterocycles. The van der Waals surface area contributed by atoms with Gasteiger partial charge in [-0.15, -0.1) is 0 Å². The summed E-state index contributed by atoms with van der Waals surface area (Å²) in [6, 6.07) is 0. The van der Waals surface area contributed by atoms with Crippen LogP contribution in [0, 0.1) is 0 Å². The van der Waals surface area contributed by atoms with Gasteiger partial charge in [0, 0.05) is 0 Å². The van der Waals surface area contributed by atoms with E-state index in [9.17, 15) is 0 Å². The van der Waals surface area contributed by atoms with E-state index in [1.165, 1.54) is 0 Å². The van der Waals surface area contributed by atoms with Gasteiger partial charge >= 0.3 is 37.7 Å². The van der Waals surface area contributed by atoms with Crippen LogP contribution in [0.15, 0.2) is 0 Å². The molecule has 96 valence electrons. The number of hydrogen-bond acceptors (Lipinski definition) is 12. The first-order valence-electron chi connectivity index (χ1n) is 2.83. The van der Waals surface area contributed by atoms with E-state index in [4.69, 9.17) is 60.3 Å². The molecule has 18 heavy (non-hydrogen) atoms. The molecule has 0 N–H and O–H groups in total. The van der Waals surface area contributed by atoms with Crippen molar-refractivity contribution in [3.8, 4) is 0 Å². The van der Waals surface area contributed by atoms with E-state index in [1.54, 1.807) is 0 Å². The normalized spacial score (nSPS) is 6.00. The third-order valence-corrected chi connectivity index (χ3v) is 0. The summed E-state index contributed by atoms with van der Waals surface area (Å²) < 4.78 is 0. The topological polar surface area (TPSA) is 277 Å². The Balaban J connectivity index is -0.0000000257. The zero-order valence-corrected chi connectivity index (χ0v) is 9.21. The molecule has 12 nitrogen and oxygen atoms in total.